The number of ether oxygens (including phenoxy) is 2. The summed E-state index contributed by atoms with van der Waals surface area (Å²) in [4.78, 5) is 23.4. The fourth-order valence-corrected chi connectivity index (χ4v) is 1.97. The summed E-state index contributed by atoms with van der Waals surface area (Å²) in [5.74, 6) is -0.951. The first-order valence-corrected chi connectivity index (χ1v) is 7.00. The number of methoxy groups -OCH3 is 1. The zero-order chi connectivity index (χ0) is 17.5. The third kappa shape index (κ3) is 4.77. The monoisotopic (exact) mass is 335 g/mol. The Morgan fingerprint density at radius 1 is 1.08 bits per heavy atom. The Balaban J connectivity index is 1.96. The zero-order valence-corrected chi connectivity index (χ0v) is 12.8. The molecule has 0 saturated heterocycles. The highest BCUT2D eigenvalue weighted by atomic mass is 19.3. The molecule has 0 aliphatic carbocycles. The Labute approximate surface area is 137 Å². The molecule has 0 aliphatic heterocycles. The Bertz CT molecular complexity index is 717. The number of carbonyl (C=O) groups excluding carboxylic acids is 2. The predicted octanol–water partition coefficient (Wildman–Crippen LogP) is 3.00. The average molecular weight is 335 g/mol. The molecule has 126 valence electrons. The van der Waals surface area contributed by atoms with Crippen LogP contribution in [0.25, 0.3) is 0 Å². The van der Waals surface area contributed by atoms with Gasteiger partial charge < -0.3 is 14.8 Å². The van der Waals surface area contributed by atoms with Crippen molar-refractivity contribution in [2.24, 2.45) is 0 Å². The van der Waals surface area contributed by atoms with Crippen LogP contribution in [0.2, 0.25) is 0 Å². The van der Waals surface area contributed by atoms with Gasteiger partial charge in [0.05, 0.1) is 12.7 Å². The SMILES string of the molecule is COC(=O)c1ccc(CNC(=O)c2cccc(OC(F)F)c2)cc1. The highest BCUT2D eigenvalue weighted by molar-refractivity contribution is 5.94. The van der Waals surface area contributed by atoms with Gasteiger partial charge in [0.2, 0.25) is 0 Å². The third-order valence-corrected chi connectivity index (χ3v) is 3.15. The van der Waals surface area contributed by atoms with E-state index >= 15 is 0 Å². The molecule has 0 spiro atoms. The van der Waals surface area contributed by atoms with Crippen molar-refractivity contribution in [3.8, 4) is 5.75 Å². The standard InChI is InChI=1S/C17H15F2NO4/c1-23-16(22)12-7-5-11(6-8-12)10-20-15(21)13-3-2-4-14(9-13)24-17(18)19/h2-9,17H,10H2,1H3,(H,20,21). The van der Waals surface area contributed by atoms with Crippen molar-refractivity contribution < 1.29 is 27.8 Å². The maximum absolute atomic E-state index is 12.2. The van der Waals surface area contributed by atoms with E-state index in [-0.39, 0.29) is 17.9 Å². The van der Waals surface area contributed by atoms with Crippen LogP contribution in [0.4, 0.5) is 8.78 Å². The molecule has 0 atom stereocenters. The molecule has 2 rings (SSSR count). The molecule has 0 fully saturated rings. The molecular weight excluding hydrogens is 320 g/mol. The van der Waals surface area contributed by atoms with Crippen molar-refractivity contribution in [2.75, 3.05) is 7.11 Å². The number of benzene rings is 2. The fourth-order valence-electron chi connectivity index (χ4n) is 1.97. The minimum atomic E-state index is -2.95. The van der Waals surface area contributed by atoms with E-state index in [1.807, 2.05) is 0 Å². The van der Waals surface area contributed by atoms with Crippen LogP contribution in [0.5, 0.6) is 5.75 Å². The predicted molar refractivity (Wildman–Crippen MR) is 82.0 cm³/mol. The van der Waals surface area contributed by atoms with Gasteiger partial charge in [0.15, 0.2) is 0 Å². The van der Waals surface area contributed by atoms with E-state index in [9.17, 15) is 18.4 Å². The number of halogens is 2. The number of alkyl halides is 2. The van der Waals surface area contributed by atoms with Crippen molar-refractivity contribution in [1.82, 2.24) is 5.32 Å². The first-order valence-electron chi connectivity index (χ1n) is 7.00. The van der Waals surface area contributed by atoms with E-state index < -0.39 is 18.5 Å². The Morgan fingerprint density at radius 2 is 1.79 bits per heavy atom. The number of hydrogen-bond donors (Lipinski definition) is 1. The van der Waals surface area contributed by atoms with Crippen LogP contribution in [0.3, 0.4) is 0 Å². The van der Waals surface area contributed by atoms with Crippen LogP contribution in [0.1, 0.15) is 26.3 Å². The molecule has 1 amide bonds. The van der Waals surface area contributed by atoms with Gasteiger partial charge in [0.25, 0.3) is 5.91 Å². The Kier molecular flexibility index (Phi) is 5.83. The summed E-state index contributed by atoms with van der Waals surface area (Å²) >= 11 is 0. The minimum Gasteiger partial charge on any atom is -0.465 e. The minimum absolute atomic E-state index is 0.0833. The molecule has 2 aromatic carbocycles. The lowest BCUT2D eigenvalue weighted by Gasteiger charge is -2.08. The Morgan fingerprint density at radius 3 is 2.42 bits per heavy atom. The zero-order valence-electron chi connectivity index (χ0n) is 12.8. The molecule has 7 heteroatoms. The van der Waals surface area contributed by atoms with Gasteiger partial charge in [-0.25, -0.2) is 4.79 Å². The van der Waals surface area contributed by atoms with Crippen molar-refractivity contribution >= 4 is 11.9 Å². The van der Waals surface area contributed by atoms with Gasteiger partial charge in [-0.1, -0.05) is 18.2 Å². The summed E-state index contributed by atoms with van der Waals surface area (Å²) in [6.07, 6.45) is 0. The smallest absolute Gasteiger partial charge is 0.387 e. The largest absolute Gasteiger partial charge is 0.465 e. The Hall–Kier alpha value is -2.96. The molecule has 0 aliphatic rings. The van der Waals surface area contributed by atoms with E-state index in [1.165, 1.54) is 31.4 Å². The lowest BCUT2D eigenvalue weighted by molar-refractivity contribution is -0.0498. The van der Waals surface area contributed by atoms with Crippen LogP contribution in [0.15, 0.2) is 48.5 Å². The van der Waals surface area contributed by atoms with Gasteiger partial charge in [-0.3, -0.25) is 4.79 Å². The summed E-state index contributed by atoms with van der Waals surface area (Å²) < 4.78 is 33.2. The highest BCUT2D eigenvalue weighted by Gasteiger charge is 2.10. The van der Waals surface area contributed by atoms with Crippen LogP contribution < -0.4 is 10.1 Å². The van der Waals surface area contributed by atoms with E-state index in [1.54, 1.807) is 24.3 Å². The topological polar surface area (TPSA) is 64.6 Å². The van der Waals surface area contributed by atoms with Crippen LogP contribution in [-0.2, 0) is 11.3 Å². The number of rotatable bonds is 6. The maximum atomic E-state index is 12.2. The highest BCUT2D eigenvalue weighted by Crippen LogP contribution is 2.16. The van der Waals surface area contributed by atoms with Crippen molar-refractivity contribution in [3.63, 3.8) is 0 Å². The maximum Gasteiger partial charge on any atom is 0.387 e. The number of hydrogen-bond acceptors (Lipinski definition) is 4. The second-order valence-electron chi connectivity index (χ2n) is 4.78. The van der Waals surface area contributed by atoms with Crippen LogP contribution in [-0.4, -0.2) is 25.6 Å². The van der Waals surface area contributed by atoms with Gasteiger partial charge in [-0.15, -0.1) is 0 Å². The van der Waals surface area contributed by atoms with Crippen LogP contribution >= 0.6 is 0 Å². The van der Waals surface area contributed by atoms with E-state index in [0.29, 0.717) is 5.56 Å². The molecule has 0 aromatic heterocycles. The van der Waals surface area contributed by atoms with Crippen molar-refractivity contribution in [2.45, 2.75) is 13.2 Å². The molecule has 0 unspecified atom stereocenters. The van der Waals surface area contributed by atoms with Crippen LogP contribution in [0, 0.1) is 0 Å². The molecule has 24 heavy (non-hydrogen) atoms. The summed E-state index contributed by atoms with van der Waals surface area (Å²) in [5.41, 5.74) is 1.39. The number of esters is 1. The van der Waals surface area contributed by atoms with Gasteiger partial charge in [0.1, 0.15) is 5.75 Å². The molecule has 0 bridgehead atoms. The molecule has 1 N–H and O–H groups in total. The summed E-state index contributed by atoms with van der Waals surface area (Å²) in [6.45, 7) is -2.73. The fraction of sp³-hybridized carbons (Fsp3) is 0.176. The molecule has 0 radical (unpaired) electrons. The first-order chi connectivity index (χ1) is 11.5. The number of amides is 1. The summed E-state index contributed by atoms with van der Waals surface area (Å²) in [7, 11) is 1.29. The molecule has 0 heterocycles. The normalized spacial score (nSPS) is 10.3. The van der Waals surface area contributed by atoms with E-state index in [2.05, 4.69) is 14.8 Å². The van der Waals surface area contributed by atoms with Crippen molar-refractivity contribution in [3.05, 3.63) is 65.2 Å². The summed E-state index contributed by atoms with van der Waals surface area (Å²) in [6, 6.07) is 12.1. The first kappa shape index (κ1) is 17.4. The molecule has 2 aromatic rings. The molecule has 5 nitrogen and oxygen atoms in total. The lowest BCUT2D eigenvalue weighted by Crippen LogP contribution is -2.22. The second-order valence-corrected chi connectivity index (χ2v) is 4.78. The average Bonchev–Trinajstić information content (AvgIpc) is 2.59. The van der Waals surface area contributed by atoms with Gasteiger partial charge in [-0.2, -0.15) is 8.78 Å². The van der Waals surface area contributed by atoms with Gasteiger partial charge >= 0.3 is 12.6 Å². The quantitative estimate of drug-likeness (QED) is 0.824. The number of carbonyl (C=O) groups is 2. The molecular formula is C17H15F2NO4. The van der Waals surface area contributed by atoms with Gasteiger partial charge in [-0.05, 0) is 35.9 Å². The summed E-state index contributed by atoms with van der Waals surface area (Å²) in [5, 5.41) is 2.66. The second kappa shape index (κ2) is 8.05. The van der Waals surface area contributed by atoms with Crippen molar-refractivity contribution in [1.29, 1.82) is 0 Å². The number of nitrogens with one attached hydrogen (secondary N) is 1. The van der Waals surface area contributed by atoms with E-state index in [0.717, 1.165) is 5.56 Å². The lowest BCUT2D eigenvalue weighted by atomic mass is 10.1. The molecule has 0 saturated carbocycles. The van der Waals surface area contributed by atoms with Gasteiger partial charge in [0, 0.05) is 12.1 Å². The third-order valence-electron chi connectivity index (χ3n) is 3.15. The van der Waals surface area contributed by atoms with E-state index in [4.69, 9.17) is 0 Å².